The maximum atomic E-state index is 13.5. The number of ketones is 1. The molecule has 3 saturated carbocycles. The van der Waals surface area contributed by atoms with Crippen LogP contribution in [0.4, 0.5) is 49.4 Å². The monoisotopic (exact) mass is 1170 g/mol. The molecular formula is C50H50Cl5F2N21O. The Hall–Kier alpha value is -7.48. The predicted molar refractivity (Wildman–Crippen MR) is 306 cm³/mol. The Kier molecular flexibility index (Phi) is 17.1. The number of rotatable bonds is 6. The summed E-state index contributed by atoms with van der Waals surface area (Å²) in [7, 11) is 0. The SMILES string of the molecule is Clc1nc(Cl)c2cc[nH]c2n1.FC1CNc2nc(Cl)nc(Cl)c21.Fc1c[nH]c2nc(Cl)nc(NC3CCC3)c12.NC1CCC1.Nc1ccc2cn[nH]c2c1.O=C1CNc2nc(Nc3ccc4cn[nH]c4c3)nc(NC3CCC3)c21. The Bertz CT molecular complexity index is 3770. The Balaban J connectivity index is 0.000000114. The van der Waals surface area contributed by atoms with Crippen molar-refractivity contribution in [2.45, 2.75) is 82.1 Å². The maximum Gasteiger partial charge on any atom is 0.231 e. The van der Waals surface area contributed by atoms with E-state index >= 15 is 0 Å². The molecule has 410 valence electrons. The number of H-pyrrole nitrogens is 4. The number of alkyl halides is 1. The number of aromatic amines is 4. The van der Waals surface area contributed by atoms with Crippen LogP contribution in [0.15, 0.2) is 67.3 Å². The van der Waals surface area contributed by atoms with Crippen LogP contribution in [0.5, 0.6) is 0 Å². The van der Waals surface area contributed by atoms with Crippen molar-refractivity contribution in [2.24, 2.45) is 5.73 Å². The first kappa shape index (κ1) is 54.9. The molecule has 3 fully saturated rings. The molecule has 0 amide bonds. The van der Waals surface area contributed by atoms with E-state index in [4.69, 9.17) is 69.5 Å². The van der Waals surface area contributed by atoms with E-state index in [1.54, 1.807) is 24.7 Å². The molecule has 0 bridgehead atoms. The number of nitrogens with one attached hydrogen (secondary N) is 9. The summed E-state index contributed by atoms with van der Waals surface area (Å²) in [6.07, 6.45) is 16.1. The van der Waals surface area contributed by atoms with Crippen LogP contribution in [0.3, 0.4) is 0 Å². The van der Waals surface area contributed by atoms with Gasteiger partial charge in [0.1, 0.15) is 56.6 Å². The molecule has 22 nitrogen and oxygen atoms in total. The number of Topliss-reactive ketones (excluding diaryl/α,β-unsaturated/α-hetero) is 1. The second kappa shape index (κ2) is 24.7. The van der Waals surface area contributed by atoms with E-state index in [9.17, 15) is 13.6 Å². The van der Waals surface area contributed by atoms with Crippen LogP contribution in [-0.4, -0.2) is 107 Å². The summed E-state index contributed by atoms with van der Waals surface area (Å²) in [4.78, 5) is 49.8. The van der Waals surface area contributed by atoms with Crippen LogP contribution in [0.2, 0.25) is 26.2 Å². The maximum absolute atomic E-state index is 13.5. The van der Waals surface area contributed by atoms with Gasteiger partial charge in [-0.05, 0) is 129 Å². The standard InChI is InChI=1S/C17H17N7O.C10H10ClFN4.C7H7N3.C6H4Cl2FN3.C6H3Cl2N3.C4H9N/c25-13-8-18-15-14(13)16(20-10-2-1-3-10)23-17(22-15)21-11-5-4-9-7-19-24-12(9)6-11;11-10-15-8-7(6(12)4-13-8)9(16-10)14-5-2-1-3-5;8-6-2-1-5-4-9-10-7(5)3-6;7-4-3-2(9)1-10-5(3)12-6(8)11-4;7-4-3-1-2-9-5(3)11-6(8)10-4;5-4-2-1-3-4/h4-7,10H,1-3,8H2,(H,19,24)(H3,18,20,21,22,23);4-5H,1-3H2,(H2,13,14,15,16);1-4H,8H2,(H,9,10);2H,1H2,(H,10,11,12);1-2H,(H,9,10,11);4H,1-3,5H2. The van der Waals surface area contributed by atoms with Crippen molar-refractivity contribution in [3.8, 4) is 0 Å². The number of nitrogens with two attached hydrogens (primary N) is 2. The fourth-order valence-corrected chi connectivity index (χ4v) is 9.48. The highest BCUT2D eigenvalue weighted by Crippen LogP contribution is 2.37. The topological polar surface area (TPSA) is 321 Å². The Labute approximate surface area is 473 Å². The fraction of sp³-hybridized carbons (Fsp3) is 0.300. The number of hydrogen-bond donors (Lipinski definition) is 11. The number of nitrogens with zero attached hydrogens (tertiary/aromatic N) is 10. The highest BCUT2D eigenvalue weighted by molar-refractivity contribution is 6.35. The lowest BCUT2D eigenvalue weighted by atomic mass is 9.93. The van der Waals surface area contributed by atoms with Crippen LogP contribution in [0, 0.1) is 5.82 Å². The Morgan fingerprint density at radius 1 is 0.658 bits per heavy atom. The largest absolute Gasteiger partial charge is 0.399 e. The Morgan fingerprint density at radius 2 is 1.29 bits per heavy atom. The lowest BCUT2D eigenvalue weighted by molar-refractivity contribution is 0.101. The number of carbonyl (C=O) groups excluding carboxylic acids is 1. The van der Waals surface area contributed by atoms with Crippen LogP contribution in [-0.2, 0) is 0 Å². The first-order valence-electron chi connectivity index (χ1n) is 25.0. The van der Waals surface area contributed by atoms with Gasteiger partial charge in [0.05, 0.1) is 52.9 Å². The van der Waals surface area contributed by atoms with Gasteiger partial charge in [-0.25, -0.2) is 23.7 Å². The van der Waals surface area contributed by atoms with Crippen LogP contribution < -0.4 is 38.1 Å². The molecule has 0 saturated heterocycles. The molecule has 3 aliphatic carbocycles. The normalized spacial score (nSPS) is 16.1. The lowest BCUT2D eigenvalue weighted by Crippen LogP contribution is -2.28. The molecule has 0 radical (unpaired) electrons. The molecule has 5 aliphatic rings. The first-order chi connectivity index (χ1) is 38.2. The molecule has 15 rings (SSSR count). The summed E-state index contributed by atoms with van der Waals surface area (Å²) in [5.41, 5.74) is 16.4. The van der Waals surface area contributed by atoms with E-state index < -0.39 is 6.17 Å². The number of halogens is 7. The average molecular weight is 1180 g/mol. The molecule has 1 atom stereocenters. The summed E-state index contributed by atoms with van der Waals surface area (Å²) in [6, 6.07) is 14.7. The van der Waals surface area contributed by atoms with Gasteiger partial charge < -0.3 is 48.0 Å². The molecule has 10 aromatic rings. The van der Waals surface area contributed by atoms with Gasteiger partial charge in [0.15, 0.2) is 11.6 Å². The van der Waals surface area contributed by atoms with Gasteiger partial charge >= 0.3 is 0 Å². The molecule has 13 N–H and O–H groups in total. The van der Waals surface area contributed by atoms with Crippen molar-refractivity contribution in [1.29, 1.82) is 0 Å². The lowest BCUT2D eigenvalue weighted by Gasteiger charge is -2.27. The minimum Gasteiger partial charge on any atom is -0.399 e. The highest BCUT2D eigenvalue weighted by atomic mass is 35.5. The summed E-state index contributed by atoms with van der Waals surface area (Å²) >= 11 is 28.2. The number of hydrogen-bond acceptors (Lipinski definition) is 18. The fourth-order valence-electron chi connectivity index (χ4n) is 8.36. The van der Waals surface area contributed by atoms with E-state index in [1.165, 1.54) is 38.3 Å². The van der Waals surface area contributed by atoms with Crippen molar-refractivity contribution in [1.82, 2.24) is 70.2 Å². The number of benzene rings is 2. The summed E-state index contributed by atoms with van der Waals surface area (Å²) < 4.78 is 26.6. The zero-order valence-electron chi connectivity index (χ0n) is 41.6. The van der Waals surface area contributed by atoms with Gasteiger partial charge in [0.2, 0.25) is 21.8 Å². The number of fused-ring (bicyclic) bond motifs is 6. The third-order valence-electron chi connectivity index (χ3n) is 13.2. The van der Waals surface area contributed by atoms with Gasteiger partial charge in [-0.3, -0.25) is 15.0 Å². The minimum absolute atomic E-state index is 0.0281. The first-order valence-corrected chi connectivity index (χ1v) is 26.9. The molecule has 29 heteroatoms. The van der Waals surface area contributed by atoms with Crippen molar-refractivity contribution in [3.05, 3.63) is 110 Å². The van der Waals surface area contributed by atoms with Gasteiger partial charge in [0.25, 0.3) is 0 Å². The third-order valence-corrected chi connectivity index (χ3v) is 14.3. The summed E-state index contributed by atoms with van der Waals surface area (Å²) in [5.74, 6) is 2.23. The van der Waals surface area contributed by atoms with E-state index in [2.05, 4.69) is 96.8 Å². The number of anilines is 7. The second-order valence-corrected chi connectivity index (χ2v) is 20.5. The van der Waals surface area contributed by atoms with Gasteiger partial charge in [-0.1, -0.05) is 29.6 Å². The molecule has 2 aliphatic heterocycles. The van der Waals surface area contributed by atoms with Crippen molar-refractivity contribution in [2.75, 3.05) is 45.4 Å². The molecule has 79 heavy (non-hydrogen) atoms. The van der Waals surface area contributed by atoms with E-state index in [1.807, 2.05) is 36.4 Å². The zero-order valence-corrected chi connectivity index (χ0v) is 45.4. The molecule has 8 aromatic heterocycles. The van der Waals surface area contributed by atoms with E-state index in [0.717, 1.165) is 64.3 Å². The third kappa shape index (κ3) is 13.3. The number of aromatic nitrogens is 14. The van der Waals surface area contributed by atoms with E-state index in [-0.39, 0.29) is 45.7 Å². The van der Waals surface area contributed by atoms with Gasteiger partial charge in [-0.2, -0.15) is 35.1 Å². The minimum atomic E-state index is -1.13. The molecule has 1 unspecified atom stereocenters. The summed E-state index contributed by atoms with van der Waals surface area (Å²) in [6.45, 7) is 0.455. The van der Waals surface area contributed by atoms with Crippen molar-refractivity contribution >= 4 is 148 Å². The van der Waals surface area contributed by atoms with Crippen molar-refractivity contribution in [3.63, 3.8) is 0 Å². The molecule has 0 spiro atoms. The van der Waals surface area contributed by atoms with Crippen LogP contribution >= 0.6 is 58.0 Å². The smallest absolute Gasteiger partial charge is 0.231 e. The molecular weight excluding hydrogens is 1130 g/mol. The number of nitrogen functional groups attached to an aromatic ring is 1. The second-order valence-electron chi connectivity index (χ2n) is 18.8. The van der Waals surface area contributed by atoms with Crippen molar-refractivity contribution < 1.29 is 13.6 Å². The quantitative estimate of drug-likeness (QED) is 0.0419. The Morgan fingerprint density at radius 3 is 1.97 bits per heavy atom. The van der Waals surface area contributed by atoms with Crippen LogP contribution in [0.1, 0.15) is 79.9 Å². The molecule has 2 aromatic carbocycles. The zero-order chi connectivity index (χ0) is 55.2. The molecule has 10 heterocycles. The predicted octanol–water partition coefficient (Wildman–Crippen LogP) is 11.5. The summed E-state index contributed by atoms with van der Waals surface area (Å²) in [5, 5.41) is 33.3. The number of carbonyl (C=O) groups is 1. The van der Waals surface area contributed by atoms with Gasteiger partial charge in [-0.15, -0.1) is 0 Å². The van der Waals surface area contributed by atoms with E-state index in [0.29, 0.717) is 80.3 Å². The average Bonchev–Trinajstić information content (AvgIpc) is 4.34. The van der Waals surface area contributed by atoms with Crippen LogP contribution in [0.25, 0.3) is 43.9 Å². The highest BCUT2D eigenvalue weighted by Gasteiger charge is 2.30. The van der Waals surface area contributed by atoms with Gasteiger partial charge in [0, 0.05) is 52.7 Å².